The number of ether oxygens (including phenoxy) is 1. The summed E-state index contributed by atoms with van der Waals surface area (Å²) in [6, 6.07) is 7.00. The van der Waals surface area contributed by atoms with Crippen LogP contribution in [0.25, 0.3) is 0 Å². The molecule has 0 bridgehead atoms. The Morgan fingerprint density at radius 3 is 2.46 bits per heavy atom. The number of rotatable bonds is 6. The average molecular weight is 350 g/mol. The van der Waals surface area contributed by atoms with Crippen LogP contribution in [-0.4, -0.2) is 30.9 Å². The van der Waals surface area contributed by atoms with Gasteiger partial charge in [-0.25, -0.2) is 9.18 Å². The fourth-order valence-corrected chi connectivity index (χ4v) is 2.56. The highest BCUT2D eigenvalue weighted by Crippen LogP contribution is 2.16. The Morgan fingerprint density at radius 1 is 1.12 bits per heavy atom. The molecule has 2 amide bonds. The van der Waals surface area contributed by atoms with Crippen molar-refractivity contribution in [2.75, 3.05) is 18.5 Å². The SMILES string of the molecule is Cc1ccsc1C(=O)OCC(=O)NCC(=O)Nc1ccc(F)cc1. The fraction of sp³-hybridized carbons (Fsp3) is 0.188. The lowest BCUT2D eigenvalue weighted by Crippen LogP contribution is -2.35. The minimum absolute atomic E-state index is 0.286. The molecule has 1 aromatic carbocycles. The van der Waals surface area contributed by atoms with Crippen molar-refractivity contribution in [3.05, 3.63) is 52.0 Å². The Bertz CT molecular complexity index is 743. The lowest BCUT2D eigenvalue weighted by molar-refractivity contribution is -0.126. The Hall–Kier alpha value is -2.74. The molecule has 2 rings (SSSR count). The molecule has 0 aliphatic carbocycles. The molecule has 0 unspecified atom stereocenters. The van der Waals surface area contributed by atoms with Gasteiger partial charge in [-0.15, -0.1) is 11.3 Å². The number of nitrogens with one attached hydrogen (secondary N) is 2. The van der Waals surface area contributed by atoms with Gasteiger partial charge in [0.1, 0.15) is 10.7 Å². The molecule has 8 heteroatoms. The Kier molecular flexibility index (Phi) is 6.02. The van der Waals surface area contributed by atoms with Crippen molar-refractivity contribution in [3.63, 3.8) is 0 Å². The van der Waals surface area contributed by atoms with E-state index in [9.17, 15) is 18.8 Å². The number of halogens is 1. The van der Waals surface area contributed by atoms with E-state index in [0.717, 1.165) is 5.56 Å². The van der Waals surface area contributed by atoms with Gasteiger partial charge in [-0.1, -0.05) is 0 Å². The first-order chi connectivity index (χ1) is 11.5. The van der Waals surface area contributed by atoms with Gasteiger partial charge in [-0.05, 0) is 48.2 Å². The molecule has 1 heterocycles. The molecule has 0 saturated heterocycles. The molecule has 126 valence electrons. The van der Waals surface area contributed by atoms with Crippen LogP contribution < -0.4 is 10.6 Å². The van der Waals surface area contributed by atoms with Crippen molar-refractivity contribution >= 4 is 34.8 Å². The predicted molar refractivity (Wildman–Crippen MR) is 87.4 cm³/mol. The first kappa shape index (κ1) is 17.6. The van der Waals surface area contributed by atoms with Crippen molar-refractivity contribution in [2.24, 2.45) is 0 Å². The van der Waals surface area contributed by atoms with Gasteiger partial charge in [-0.2, -0.15) is 0 Å². The highest BCUT2D eigenvalue weighted by atomic mass is 32.1. The van der Waals surface area contributed by atoms with Crippen LogP contribution in [0.1, 0.15) is 15.2 Å². The molecule has 2 aromatic rings. The summed E-state index contributed by atoms with van der Waals surface area (Å²) in [6.07, 6.45) is 0. The molecule has 6 nitrogen and oxygen atoms in total. The van der Waals surface area contributed by atoms with Crippen LogP contribution in [0, 0.1) is 12.7 Å². The zero-order chi connectivity index (χ0) is 17.5. The van der Waals surface area contributed by atoms with E-state index in [-0.39, 0.29) is 6.54 Å². The van der Waals surface area contributed by atoms with Gasteiger partial charge >= 0.3 is 5.97 Å². The number of carbonyl (C=O) groups is 3. The van der Waals surface area contributed by atoms with E-state index in [1.165, 1.54) is 35.6 Å². The number of benzene rings is 1. The van der Waals surface area contributed by atoms with E-state index in [0.29, 0.717) is 10.6 Å². The first-order valence-electron chi connectivity index (χ1n) is 6.99. The summed E-state index contributed by atoms with van der Waals surface area (Å²) in [5.74, 6) is -2.06. The highest BCUT2D eigenvalue weighted by molar-refractivity contribution is 7.12. The molecule has 0 atom stereocenters. The second-order valence-corrected chi connectivity index (χ2v) is 5.76. The van der Waals surface area contributed by atoms with Crippen LogP contribution >= 0.6 is 11.3 Å². The molecule has 0 spiro atoms. The molecule has 1 aromatic heterocycles. The summed E-state index contributed by atoms with van der Waals surface area (Å²) in [6.45, 7) is 1.01. The molecular formula is C16H15FN2O4S. The average Bonchev–Trinajstić information content (AvgIpc) is 2.99. The summed E-state index contributed by atoms with van der Waals surface area (Å²) < 4.78 is 17.6. The molecule has 0 fully saturated rings. The topological polar surface area (TPSA) is 84.5 Å². The molecule has 0 aliphatic rings. The van der Waals surface area contributed by atoms with Crippen LogP contribution in [0.15, 0.2) is 35.7 Å². The molecule has 2 N–H and O–H groups in total. The number of anilines is 1. The maximum absolute atomic E-state index is 12.7. The molecule has 24 heavy (non-hydrogen) atoms. The van der Waals surface area contributed by atoms with Gasteiger partial charge in [0.2, 0.25) is 5.91 Å². The Balaban J connectivity index is 1.71. The fourth-order valence-electron chi connectivity index (χ4n) is 1.75. The van der Waals surface area contributed by atoms with Crippen molar-refractivity contribution in [2.45, 2.75) is 6.92 Å². The second kappa shape index (κ2) is 8.21. The van der Waals surface area contributed by atoms with Gasteiger partial charge in [0, 0.05) is 5.69 Å². The maximum atomic E-state index is 12.7. The Labute approximate surface area is 141 Å². The minimum atomic E-state index is -0.591. The Morgan fingerprint density at radius 2 is 1.83 bits per heavy atom. The molecular weight excluding hydrogens is 335 g/mol. The van der Waals surface area contributed by atoms with Gasteiger partial charge in [-0.3, -0.25) is 9.59 Å². The number of carbonyl (C=O) groups excluding carboxylic acids is 3. The quantitative estimate of drug-likeness (QED) is 0.782. The van der Waals surface area contributed by atoms with Crippen LogP contribution in [0.2, 0.25) is 0 Å². The third-order valence-corrected chi connectivity index (χ3v) is 3.95. The third-order valence-electron chi connectivity index (χ3n) is 2.96. The summed E-state index contributed by atoms with van der Waals surface area (Å²) in [7, 11) is 0. The summed E-state index contributed by atoms with van der Waals surface area (Å²) >= 11 is 1.23. The van der Waals surface area contributed by atoms with Crippen molar-refractivity contribution in [1.29, 1.82) is 0 Å². The monoisotopic (exact) mass is 350 g/mol. The molecule has 0 radical (unpaired) electrons. The standard InChI is InChI=1S/C16H15FN2O4S/c1-10-6-7-24-15(10)16(22)23-9-14(21)18-8-13(20)19-12-4-2-11(17)3-5-12/h2-7H,8-9H2,1H3,(H,18,21)(H,19,20). The number of hydrogen-bond donors (Lipinski definition) is 2. The largest absolute Gasteiger partial charge is 0.451 e. The lowest BCUT2D eigenvalue weighted by atomic mass is 10.3. The van der Waals surface area contributed by atoms with Gasteiger partial charge in [0.05, 0.1) is 6.54 Å². The van der Waals surface area contributed by atoms with Crippen molar-refractivity contribution in [1.82, 2.24) is 5.32 Å². The highest BCUT2D eigenvalue weighted by Gasteiger charge is 2.14. The summed E-state index contributed by atoms with van der Waals surface area (Å²) in [4.78, 5) is 35.4. The van der Waals surface area contributed by atoms with Crippen LogP contribution in [-0.2, 0) is 14.3 Å². The number of amides is 2. The zero-order valence-electron chi connectivity index (χ0n) is 12.8. The van der Waals surface area contributed by atoms with E-state index in [4.69, 9.17) is 4.74 Å². The number of hydrogen-bond acceptors (Lipinski definition) is 5. The molecule has 0 aliphatic heterocycles. The normalized spacial score (nSPS) is 10.1. The summed E-state index contributed by atoms with van der Waals surface area (Å²) in [5.41, 5.74) is 1.19. The van der Waals surface area contributed by atoms with Crippen LogP contribution in [0.4, 0.5) is 10.1 Å². The van der Waals surface area contributed by atoms with E-state index >= 15 is 0 Å². The minimum Gasteiger partial charge on any atom is -0.451 e. The van der Waals surface area contributed by atoms with Gasteiger partial charge in [0.15, 0.2) is 6.61 Å². The van der Waals surface area contributed by atoms with E-state index in [1.807, 2.05) is 0 Å². The van der Waals surface area contributed by atoms with E-state index < -0.39 is 30.2 Å². The van der Waals surface area contributed by atoms with Crippen molar-refractivity contribution < 1.29 is 23.5 Å². The zero-order valence-corrected chi connectivity index (χ0v) is 13.6. The predicted octanol–water partition coefficient (Wildman–Crippen LogP) is 2.11. The molecule has 0 saturated carbocycles. The van der Waals surface area contributed by atoms with Crippen LogP contribution in [0.5, 0.6) is 0 Å². The van der Waals surface area contributed by atoms with Gasteiger partial charge in [0.25, 0.3) is 5.91 Å². The third kappa shape index (κ3) is 5.17. The first-order valence-corrected chi connectivity index (χ1v) is 7.87. The number of thiophene rings is 1. The number of esters is 1. The smallest absolute Gasteiger partial charge is 0.349 e. The van der Waals surface area contributed by atoms with E-state index in [2.05, 4.69) is 10.6 Å². The van der Waals surface area contributed by atoms with Gasteiger partial charge < -0.3 is 15.4 Å². The lowest BCUT2D eigenvalue weighted by Gasteiger charge is -2.07. The maximum Gasteiger partial charge on any atom is 0.349 e. The summed E-state index contributed by atoms with van der Waals surface area (Å²) in [5, 5.41) is 6.58. The van der Waals surface area contributed by atoms with E-state index in [1.54, 1.807) is 18.4 Å². The van der Waals surface area contributed by atoms with Crippen molar-refractivity contribution in [3.8, 4) is 0 Å². The number of aryl methyl sites for hydroxylation is 1. The second-order valence-electron chi connectivity index (χ2n) is 4.84. The van der Waals surface area contributed by atoms with Crippen LogP contribution in [0.3, 0.4) is 0 Å².